The average molecular weight is 327 g/mol. The molecule has 0 saturated heterocycles. The van der Waals surface area contributed by atoms with Crippen LogP contribution in [0.5, 0.6) is 5.75 Å². The molecule has 0 saturated carbocycles. The molecule has 4 heteroatoms. The van der Waals surface area contributed by atoms with Crippen molar-refractivity contribution in [1.29, 1.82) is 0 Å². The molecule has 0 aliphatic heterocycles. The number of amides is 1. The zero-order valence-electron chi connectivity index (χ0n) is 14.5. The molecule has 0 spiro atoms. The molecule has 0 aliphatic carbocycles. The molecule has 2 rings (SSSR count). The lowest BCUT2D eigenvalue weighted by atomic mass is 9.97. The maximum Gasteiger partial charge on any atom is 0.223 e. The van der Waals surface area contributed by atoms with E-state index in [4.69, 9.17) is 4.74 Å². The van der Waals surface area contributed by atoms with Crippen molar-refractivity contribution in [1.82, 2.24) is 4.90 Å². The standard InChI is InChI=1S/C20H25NO3/c1-15(16-7-5-4-6-8-16)13-20(23)21(2)14-19(22)17-9-11-18(24-3)12-10-17/h4-12,15,19,22H,13-14H2,1-3H3. The van der Waals surface area contributed by atoms with Crippen LogP contribution in [-0.2, 0) is 4.79 Å². The van der Waals surface area contributed by atoms with Crippen molar-refractivity contribution < 1.29 is 14.6 Å². The van der Waals surface area contributed by atoms with Crippen LogP contribution in [0.3, 0.4) is 0 Å². The van der Waals surface area contributed by atoms with Crippen molar-refractivity contribution >= 4 is 5.91 Å². The number of carbonyl (C=O) groups is 1. The Labute approximate surface area is 143 Å². The van der Waals surface area contributed by atoms with Crippen LogP contribution in [0.4, 0.5) is 0 Å². The number of aliphatic hydroxyl groups excluding tert-OH is 1. The molecule has 0 bridgehead atoms. The first-order chi connectivity index (χ1) is 11.5. The van der Waals surface area contributed by atoms with Gasteiger partial charge in [0.15, 0.2) is 0 Å². The van der Waals surface area contributed by atoms with Gasteiger partial charge >= 0.3 is 0 Å². The van der Waals surface area contributed by atoms with Crippen molar-refractivity contribution in [2.45, 2.75) is 25.4 Å². The van der Waals surface area contributed by atoms with E-state index in [0.29, 0.717) is 6.42 Å². The van der Waals surface area contributed by atoms with E-state index < -0.39 is 6.10 Å². The van der Waals surface area contributed by atoms with Crippen LogP contribution >= 0.6 is 0 Å². The van der Waals surface area contributed by atoms with Crippen LogP contribution in [0, 0.1) is 0 Å². The Morgan fingerprint density at radius 3 is 2.29 bits per heavy atom. The number of rotatable bonds is 7. The lowest BCUT2D eigenvalue weighted by molar-refractivity contribution is -0.131. The third-order valence-corrected chi connectivity index (χ3v) is 4.22. The smallest absolute Gasteiger partial charge is 0.223 e. The number of ether oxygens (including phenoxy) is 1. The molecule has 0 fully saturated rings. The van der Waals surface area contributed by atoms with Gasteiger partial charge in [0.2, 0.25) is 5.91 Å². The summed E-state index contributed by atoms with van der Waals surface area (Å²) >= 11 is 0. The van der Waals surface area contributed by atoms with Crippen LogP contribution in [0.2, 0.25) is 0 Å². The molecule has 2 atom stereocenters. The molecule has 2 aromatic rings. The number of aliphatic hydroxyl groups is 1. The SMILES string of the molecule is COc1ccc(C(O)CN(C)C(=O)CC(C)c2ccccc2)cc1. The average Bonchev–Trinajstić information content (AvgIpc) is 2.62. The van der Waals surface area contributed by atoms with Crippen LogP contribution in [0.15, 0.2) is 54.6 Å². The highest BCUT2D eigenvalue weighted by Gasteiger charge is 2.18. The van der Waals surface area contributed by atoms with Gasteiger partial charge in [0.1, 0.15) is 5.75 Å². The highest BCUT2D eigenvalue weighted by Crippen LogP contribution is 2.21. The number of hydrogen-bond acceptors (Lipinski definition) is 3. The molecule has 4 nitrogen and oxygen atoms in total. The largest absolute Gasteiger partial charge is 0.497 e. The van der Waals surface area contributed by atoms with Crippen LogP contribution in [-0.4, -0.2) is 36.6 Å². The van der Waals surface area contributed by atoms with E-state index in [1.54, 1.807) is 31.2 Å². The zero-order valence-corrected chi connectivity index (χ0v) is 14.5. The molecule has 1 N–H and O–H groups in total. The fraction of sp³-hybridized carbons (Fsp3) is 0.350. The molecule has 0 radical (unpaired) electrons. The van der Waals surface area contributed by atoms with Crippen LogP contribution in [0.25, 0.3) is 0 Å². The van der Waals surface area contributed by atoms with Gasteiger partial charge in [-0.05, 0) is 29.2 Å². The number of likely N-dealkylation sites (N-methyl/N-ethyl adjacent to an activating group) is 1. The van der Waals surface area contributed by atoms with E-state index in [1.165, 1.54) is 0 Å². The molecule has 2 unspecified atom stereocenters. The van der Waals surface area contributed by atoms with Gasteiger partial charge in [-0.1, -0.05) is 49.4 Å². The van der Waals surface area contributed by atoms with Gasteiger partial charge in [0.05, 0.1) is 19.8 Å². The summed E-state index contributed by atoms with van der Waals surface area (Å²) in [6.45, 7) is 2.31. The first kappa shape index (κ1) is 18.0. The fourth-order valence-corrected chi connectivity index (χ4v) is 2.61. The third kappa shape index (κ3) is 4.83. The van der Waals surface area contributed by atoms with Gasteiger partial charge in [0, 0.05) is 13.5 Å². The molecular formula is C20H25NO3. The molecule has 0 heterocycles. The van der Waals surface area contributed by atoms with E-state index in [9.17, 15) is 9.90 Å². The Balaban J connectivity index is 1.90. The normalized spacial score (nSPS) is 13.2. The van der Waals surface area contributed by atoms with Crippen molar-refractivity contribution in [3.63, 3.8) is 0 Å². The number of methoxy groups -OCH3 is 1. The Kier molecular flexibility index (Phi) is 6.38. The Hall–Kier alpha value is -2.33. The van der Waals surface area contributed by atoms with Gasteiger partial charge < -0.3 is 14.7 Å². The summed E-state index contributed by atoms with van der Waals surface area (Å²) in [4.78, 5) is 14.0. The van der Waals surface area contributed by atoms with Gasteiger partial charge in [-0.25, -0.2) is 0 Å². The van der Waals surface area contributed by atoms with Gasteiger partial charge in [-0.3, -0.25) is 4.79 Å². The van der Waals surface area contributed by atoms with E-state index in [2.05, 4.69) is 0 Å². The van der Waals surface area contributed by atoms with Crippen molar-refractivity contribution in [2.24, 2.45) is 0 Å². The zero-order chi connectivity index (χ0) is 17.5. The maximum absolute atomic E-state index is 12.4. The molecule has 1 amide bonds. The minimum absolute atomic E-state index is 0.0268. The summed E-state index contributed by atoms with van der Waals surface area (Å²) in [5.41, 5.74) is 1.92. The Morgan fingerprint density at radius 2 is 1.71 bits per heavy atom. The quantitative estimate of drug-likeness (QED) is 0.848. The number of nitrogens with zero attached hydrogens (tertiary/aromatic N) is 1. The number of hydrogen-bond donors (Lipinski definition) is 1. The summed E-state index contributed by atoms with van der Waals surface area (Å²) < 4.78 is 5.11. The third-order valence-electron chi connectivity index (χ3n) is 4.22. The van der Waals surface area contributed by atoms with Crippen molar-refractivity contribution in [2.75, 3.05) is 20.7 Å². The lowest BCUT2D eigenvalue weighted by Crippen LogP contribution is -2.31. The predicted molar refractivity (Wildman–Crippen MR) is 95.1 cm³/mol. The molecule has 0 aromatic heterocycles. The molecule has 128 valence electrons. The van der Waals surface area contributed by atoms with Crippen LogP contribution < -0.4 is 4.74 Å². The highest BCUT2D eigenvalue weighted by atomic mass is 16.5. The fourth-order valence-electron chi connectivity index (χ4n) is 2.61. The minimum Gasteiger partial charge on any atom is -0.497 e. The lowest BCUT2D eigenvalue weighted by Gasteiger charge is -2.23. The predicted octanol–water partition coefficient (Wildman–Crippen LogP) is 3.38. The number of benzene rings is 2. The molecular weight excluding hydrogens is 302 g/mol. The second kappa shape index (κ2) is 8.50. The van der Waals surface area contributed by atoms with Crippen LogP contribution in [0.1, 0.15) is 36.5 Å². The second-order valence-corrected chi connectivity index (χ2v) is 6.08. The molecule has 2 aromatic carbocycles. The molecule has 24 heavy (non-hydrogen) atoms. The van der Waals surface area contributed by atoms with Gasteiger partial charge in [0.25, 0.3) is 0 Å². The first-order valence-corrected chi connectivity index (χ1v) is 8.12. The Bertz CT molecular complexity index is 640. The Morgan fingerprint density at radius 1 is 1.08 bits per heavy atom. The van der Waals surface area contributed by atoms with Gasteiger partial charge in [-0.15, -0.1) is 0 Å². The second-order valence-electron chi connectivity index (χ2n) is 6.08. The van der Waals surface area contributed by atoms with E-state index in [0.717, 1.165) is 16.9 Å². The minimum atomic E-state index is -0.711. The summed E-state index contributed by atoms with van der Waals surface area (Å²) in [6.07, 6.45) is -0.285. The van der Waals surface area contributed by atoms with E-state index in [1.807, 2.05) is 49.4 Å². The van der Waals surface area contributed by atoms with Gasteiger partial charge in [-0.2, -0.15) is 0 Å². The van der Waals surface area contributed by atoms with E-state index in [-0.39, 0.29) is 18.4 Å². The van der Waals surface area contributed by atoms with E-state index >= 15 is 0 Å². The summed E-state index contributed by atoms with van der Waals surface area (Å²) in [6, 6.07) is 17.2. The number of carbonyl (C=O) groups excluding carboxylic acids is 1. The van der Waals surface area contributed by atoms with Crippen molar-refractivity contribution in [3.8, 4) is 5.75 Å². The van der Waals surface area contributed by atoms with Crippen molar-refractivity contribution in [3.05, 3.63) is 65.7 Å². The topological polar surface area (TPSA) is 49.8 Å². The maximum atomic E-state index is 12.4. The first-order valence-electron chi connectivity index (χ1n) is 8.12. The highest BCUT2D eigenvalue weighted by molar-refractivity contribution is 5.76. The summed E-state index contributed by atoms with van der Waals surface area (Å²) in [5.74, 6) is 0.922. The summed E-state index contributed by atoms with van der Waals surface area (Å²) in [5, 5.41) is 10.3. The summed E-state index contributed by atoms with van der Waals surface area (Å²) in [7, 11) is 3.33. The molecule has 0 aliphatic rings. The monoisotopic (exact) mass is 327 g/mol.